The summed E-state index contributed by atoms with van der Waals surface area (Å²) in [5.41, 5.74) is 2.82. The third-order valence-corrected chi connectivity index (χ3v) is 6.17. The lowest BCUT2D eigenvalue weighted by molar-refractivity contribution is 0.110. The number of imidazole rings is 1. The predicted molar refractivity (Wildman–Crippen MR) is 120 cm³/mol. The number of aromatic nitrogens is 2. The number of benzene rings is 2. The number of nitrogens with one attached hydrogen (secondary N) is 1. The molecule has 0 spiro atoms. The highest BCUT2D eigenvalue weighted by molar-refractivity contribution is 5.74. The van der Waals surface area contributed by atoms with Crippen molar-refractivity contribution in [3.8, 4) is 11.5 Å². The molecule has 31 heavy (non-hydrogen) atoms. The number of nitrogens with zero attached hydrogens (tertiary/aromatic N) is 3. The average Bonchev–Trinajstić information content (AvgIpc) is 3.18. The Morgan fingerprint density at radius 2 is 2.00 bits per heavy atom. The number of aromatic amines is 1. The standard InChI is InChI=1S/C24H31FN4O2/c1-28(12-10-17-6-9-22(30-2)23(13-17)31-3)19-5-4-11-29(15-19)16-24-26-20-8-7-18(25)14-21(20)27-24/h6-9,13-14,19H,4-5,10-12,15-16H2,1-3H3,(H,26,27)/t19-/m0/s1. The number of rotatable bonds is 8. The molecule has 1 aliphatic rings. The Labute approximate surface area is 183 Å². The lowest BCUT2D eigenvalue weighted by Gasteiger charge is -2.37. The van der Waals surface area contributed by atoms with Crippen molar-refractivity contribution in [3.05, 3.63) is 53.6 Å². The van der Waals surface area contributed by atoms with Crippen molar-refractivity contribution in [2.24, 2.45) is 0 Å². The van der Waals surface area contributed by atoms with E-state index in [4.69, 9.17) is 9.47 Å². The van der Waals surface area contributed by atoms with Crippen molar-refractivity contribution < 1.29 is 13.9 Å². The lowest BCUT2D eigenvalue weighted by Crippen LogP contribution is -2.46. The van der Waals surface area contributed by atoms with Gasteiger partial charge in [0.25, 0.3) is 0 Å². The molecule has 1 atom stereocenters. The third-order valence-electron chi connectivity index (χ3n) is 6.17. The van der Waals surface area contributed by atoms with E-state index in [-0.39, 0.29) is 5.82 Å². The quantitative estimate of drug-likeness (QED) is 0.593. The van der Waals surface area contributed by atoms with Crippen molar-refractivity contribution in [3.63, 3.8) is 0 Å². The van der Waals surface area contributed by atoms with Crippen LogP contribution in [0.1, 0.15) is 24.2 Å². The number of likely N-dealkylation sites (tertiary alicyclic amines) is 1. The zero-order valence-corrected chi connectivity index (χ0v) is 18.5. The Hall–Kier alpha value is -2.64. The molecule has 2 aromatic carbocycles. The number of fused-ring (bicyclic) bond motifs is 1. The molecular weight excluding hydrogens is 395 g/mol. The van der Waals surface area contributed by atoms with Crippen LogP contribution in [0.5, 0.6) is 11.5 Å². The first kappa shape index (κ1) is 21.6. The Morgan fingerprint density at radius 3 is 2.81 bits per heavy atom. The monoisotopic (exact) mass is 426 g/mol. The second-order valence-corrected chi connectivity index (χ2v) is 8.30. The Balaban J connectivity index is 1.33. The molecule has 0 saturated carbocycles. The number of hydrogen-bond acceptors (Lipinski definition) is 5. The largest absolute Gasteiger partial charge is 0.493 e. The van der Waals surface area contributed by atoms with Crippen LogP contribution in [0.4, 0.5) is 4.39 Å². The molecule has 3 aromatic rings. The van der Waals surface area contributed by atoms with Gasteiger partial charge in [-0.25, -0.2) is 9.37 Å². The Morgan fingerprint density at radius 1 is 1.16 bits per heavy atom. The van der Waals surface area contributed by atoms with Gasteiger partial charge < -0.3 is 19.4 Å². The molecule has 1 N–H and O–H groups in total. The first-order valence-electron chi connectivity index (χ1n) is 10.8. The topological polar surface area (TPSA) is 53.6 Å². The summed E-state index contributed by atoms with van der Waals surface area (Å²) in [6.07, 6.45) is 3.33. The van der Waals surface area contributed by atoms with Crippen molar-refractivity contribution in [2.45, 2.75) is 31.8 Å². The van der Waals surface area contributed by atoms with E-state index in [0.717, 1.165) is 61.0 Å². The fourth-order valence-corrected chi connectivity index (χ4v) is 4.38. The van der Waals surface area contributed by atoms with Crippen molar-refractivity contribution in [1.29, 1.82) is 0 Å². The molecule has 0 unspecified atom stereocenters. The van der Waals surface area contributed by atoms with Gasteiger partial charge >= 0.3 is 0 Å². The minimum absolute atomic E-state index is 0.239. The third kappa shape index (κ3) is 5.17. The maximum atomic E-state index is 13.4. The van der Waals surface area contributed by atoms with Gasteiger partial charge in [0.2, 0.25) is 0 Å². The molecule has 0 aliphatic carbocycles. The molecule has 166 valence electrons. The fourth-order valence-electron chi connectivity index (χ4n) is 4.38. The van der Waals surface area contributed by atoms with Crippen LogP contribution < -0.4 is 9.47 Å². The van der Waals surface area contributed by atoms with Gasteiger partial charge in [0, 0.05) is 19.1 Å². The van der Waals surface area contributed by atoms with Crippen LogP contribution in [0.15, 0.2) is 36.4 Å². The van der Waals surface area contributed by atoms with Gasteiger partial charge in [0.15, 0.2) is 11.5 Å². The van der Waals surface area contributed by atoms with Crippen LogP contribution in [0.25, 0.3) is 11.0 Å². The summed E-state index contributed by atoms with van der Waals surface area (Å²) in [6.45, 7) is 3.81. The van der Waals surface area contributed by atoms with Crippen molar-refractivity contribution in [1.82, 2.24) is 19.8 Å². The van der Waals surface area contributed by atoms with E-state index in [0.29, 0.717) is 6.04 Å². The van der Waals surface area contributed by atoms with Gasteiger partial charge in [0.05, 0.1) is 31.8 Å². The Bertz CT molecular complexity index is 1020. The summed E-state index contributed by atoms with van der Waals surface area (Å²) in [5, 5.41) is 0. The molecular formula is C24H31FN4O2. The van der Waals surface area contributed by atoms with Gasteiger partial charge in [-0.3, -0.25) is 4.90 Å². The highest BCUT2D eigenvalue weighted by Gasteiger charge is 2.24. The van der Waals surface area contributed by atoms with Crippen LogP contribution in [0, 0.1) is 5.82 Å². The van der Waals surface area contributed by atoms with E-state index in [1.807, 2.05) is 6.07 Å². The van der Waals surface area contributed by atoms with Crippen LogP contribution in [0.2, 0.25) is 0 Å². The number of methoxy groups -OCH3 is 2. The number of likely N-dealkylation sites (N-methyl/N-ethyl adjacent to an activating group) is 1. The van der Waals surface area contributed by atoms with Crippen LogP contribution >= 0.6 is 0 Å². The number of piperidine rings is 1. The minimum atomic E-state index is -0.239. The summed E-state index contributed by atoms with van der Waals surface area (Å²) in [6, 6.07) is 11.3. The maximum Gasteiger partial charge on any atom is 0.160 e. The summed E-state index contributed by atoms with van der Waals surface area (Å²) < 4.78 is 24.2. The molecule has 1 aliphatic heterocycles. The second kappa shape index (κ2) is 9.66. The fraction of sp³-hybridized carbons (Fsp3) is 0.458. The highest BCUT2D eigenvalue weighted by atomic mass is 19.1. The normalized spacial score (nSPS) is 17.4. The van der Waals surface area contributed by atoms with Gasteiger partial charge in [-0.05, 0) is 68.8 Å². The zero-order chi connectivity index (χ0) is 21.8. The zero-order valence-electron chi connectivity index (χ0n) is 18.5. The Kier molecular flexibility index (Phi) is 6.73. The molecule has 6 nitrogen and oxygen atoms in total. The summed E-state index contributed by atoms with van der Waals surface area (Å²) in [7, 11) is 5.53. The summed E-state index contributed by atoms with van der Waals surface area (Å²) >= 11 is 0. The summed E-state index contributed by atoms with van der Waals surface area (Å²) in [5.74, 6) is 2.19. The van der Waals surface area contributed by atoms with Crippen molar-refractivity contribution in [2.75, 3.05) is 40.9 Å². The van der Waals surface area contributed by atoms with Gasteiger partial charge in [-0.1, -0.05) is 6.07 Å². The van der Waals surface area contributed by atoms with E-state index >= 15 is 0 Å². The number of H-pyrrole nitrogens is 1. The molecule has 0 amide bonds. The first-order valence-corrected chi connectivity index (χ1v) is 10.8. The lowest BCUT2D eigenvalue weighted by atomic mass is 10.0. The van der Waals surface area contributed by atoms with Gasteiger partial charge in [0.1, 0.15) is 11.6 Å². The molecule has 2 heterocycles. The smallest absolute Gasteiger partial charge is 0.160 e. The van der Waals surface area contributed by atoms with Crippen LogP contribution in [-0.4, -0.2) is 66.7 Å². The SMILES string of the molecule is COc1ccc(CCN(C)[C@H]2CCCN(Cc3nc4ccc(F)cc4[nH]3)C2)cc1OC. The van der Waals surface area contributed by atoms with Crippen molar-refractivity contribution >= 4 is 11.0 Å². The van der Waals surface area contributed by atoms with Crippen LogP contribution in [-0.2, 0) is 13.0 Å². The molecule has 1 saturated heterocycles. The molecule has 1 fully saturated rings. The summed E-state index contributed by atoms with van der Waals surface area (Å²) in [4.78, 5) is 12.8. The van der Waals surface area contributed by atoms with E-state index in [1.54, 1.807) is 20.3 Å². The average molecular weight is 427 g/mol. The predicted octanol–water partition coefficient (Wildman–Crippen LogP) is 3.86. The van der Waals surface area contributed by atoms with E-state index in [1.165, 1.54) is 30.5 Å². The molecule has 0 bridgehead atoms. The van der Waals surface area contributed by atoms with Gasteiger partial charge in [-0.15, -0.1) is 0 Å². The number of hydrogen-bond donors (Lipinski definition) is 1. The molecule has 0 radical (unpaired) electrons. The molecule has 4 rings (SSSR count). The highest BCUT2D eigenvalue weighted by Crippen LogP contribution is 2.28. The number of ether oxygens (including phenoxy) is 2. The minimum Gasteiger partial charge on any atom is -0.493 e. The van der Waals surface area contributed by atoms with Crippen LogP contribution in [0.3, 0.4) is 0 Å². The second-order valence-electron chi connectivity index (χ2n) is 8.30. The first-order chi connectivity index (χ1) is 15.1. The molecule has 1 aromatic heterocycles. The van der Waals surface area contributed by atoms with E-state index in [2.05, 4.69) is 38.9 Å². The van der Waals surface area contributed by atoms with E-state index < -0.39 is 0 Å². The van der Waals surface area contributed by atoms with E-state index in [9.17, 15) is 4.39 Å². The maximum absolute atomic E-state index is 13.4. The molecule has 7 heteroatoms. The van der Waals surface area contributed by atoms with Gasteiger partial charge in [-0.2, -0.15) is 0 Å². The number of halogens is 1.